The molecule has 1 N–H and O–H groups in total. The lowest BCUT2D eigenvalue weighted by atomic mass is 10.5. The molecule has 0 saturated heterocycles. The summed E-state index contributed by atoms with van der Waals surface area (Å²) in [5, 5.41) is 8.99. The van der Waals surface area contributed by atoms with Crippen LogP contribution in [-0.4, -0.2) is 14.9 Å². The molecule has 0 aliphatic carbocycles. The number of aryl methyl sites for hydroxylation is 2. The van der Waals surface area contributed by atoms with Gasteiger partial charge in [-0.1, -0.05) is 6.92 Å². The zero-order chi connectivity index (χ0) is 6.85. The minimum Gasteiger partial charge on any atom is -0.427 e. The Labute approximate surface area is 53.9 Å². The van der Waals surface area contributed by atoms with Crippen LogP contribution in [0.1, 0.15) is 18.4 Å². The predicted molar refractivity (Wildman–Crippen MR) is 33.5 cm³/mol. The van der Waals surface area contributed by atoms with Gasteiger partial charge in [0, 0.05) is 6.42 Å². The lowest BCUT2D eigenvalue weighted by Gasteiger charge is -1.91. The Bertz CT molecular complexity index is 205. The molecule has 0 radical (unpaired) electrons. The second-order valence-electron chi connectivity index (χ2n) is 2.00. The fourth-order valence-electron chi connectivity index (χ4n) is 0.776. The van der Waals surface area contributed by atoms with E-state index in [0.717, 1.165) is 16.8 Å². The number of nitrogens with zero attached hydrogens (tertiary/aromatic N) is 2. The highest BCUT2D eigenvalue weighted by molar-refractivity contribution is 4.99. The quantitative estimate of drug-likeness (QED) is 0.570. The van der Waals surface area contributed by atoms with Gasteiger partial charge in [0.05, 0.1) is 11.9 Å². The summed E-state index contributed by atoms with van der Waals surface area (Å²) in [7, 11) is 0. The van der Waals surface area contributed by atoms with Gasteiger partial charge >= 0.3 is 0 Å². The molecule has 0 amide bonds. The van der Waals surface area contributed by atoms with Crippen molar-refractivity contribution in [2.24, 2.45) is 0 Å². The summed E-state index contributed by atoms with van der Waals surface area (Å²) in [5.41, 5.74) is 0.856. The normalized spacial score (nSPS) is 10.0. The van der Waals surface area contributed by atoms with Crippen molar-refractivity contribution in [2.45, 2.75) is 20.3 Å². The summed E-state index contributed by atoms with van der Waals surface area (Å²) in [4.78, 5) is 4.04. The zero-order valence-corrected chi connectivity index (χ0v) is 5.63. The Morgan fingerprint density at radius 3 is 2.67 bits per heavy atom. The molecule has 0 spiro atoms. The molecular formula is C6H10N2O. The maximum absolute atomic E-state index is 8.99. The third-order valence-corrected chi connectivity index (χ3v) is 1.20. The Kier molecular flexibility index (Phi) is 1.42. The van der Waals surface area contributed by atoms with Gasteiger partial charge in [-0.15, -0.1) is 0 Å². The summed E-state index contributed by atoms with van der Waals surface area (Å²) in [6, 6.07) is 0. The van der Waals surface area contributed by atoms with Gasteiger partial charge in [0.25, 0.3) is 0 Å². The summed E-state index contributed by atoms with van der Waals surface area (Å²) < 4.78 is 1.06. The first-order valence-electron chi connectivity index (χ1n) is 2.98. The molecule has 0 unspecified atom stereocenters. The highest BCUT2D eigenvalue weighted by Gasteiger charge is 1.98. The molecule has 1 rings (SSSR count). The fourth-order valence-corrected chi connectivity index (χ4v) is 0.776. The molecule has 3 heteroatoms. The van der Waals surface area contributed by atoms with E-state index in [2.05, 4.69) is 4.98 Å². The summed E-state index contributed by atoms with van der Waals surface area (Å²) in [6.45, 7) is 3.81. The predicted octanol–water partition coefficient (Wildman–Crippen LogP) is 0.991. The van der Waals surface area contributed by atoms with Gasteiger partial charge in [-0.25, -0.2) is 4.98 Å². The van der Waals surface area contributed by atoms with Crippen molar-refractivity contribution >= 4 is 0 Å². The van der Waals surface area contributed by atoms with Crippen LogP contribution in [0.25, 0.3) is 0 Å². The molecular weight excluding hydrogens is 116 g/mol. The summed E-state index contributed by atoms with van der Waals surface area (Å²) in [5.74, 6) is 0.715. The maximum Gasteiger partial charge on any atom is 0.144 e. The van der Waals surface area contributed by atoms with Crippen LogP contribution in [0, 0.1) is 6.92 Å². The van der Waals surface area contributed by atoms with Gasteiger partial charge in [-0.3, -0.25) is 0 Å². The van der Waals surface area contributed by atoms with Crippen LogP contribution in [0.15, 0.2) is 6.20 Å². The van der Waals surface area contributed by atoms with E-state index >= 15 is 0 Å². The third-order valence-electron chi connectivity index (χ3n) is 1.20. The molecule has 1 aromatic heterocycles. The summed E-state index contributed by atoms with van der Waals surface area (Å²) >= 11 is 0. The van der Waals surface area contributed by atoms with Gasteiger partial charge in [-0.2, -0.15) is 4.73 Å². The molecule has 1 aromatic rings. The Morgan fingerprint density at radius 2 is 2.44 bits per heavy atom. The van der Waals surface area contributed by atoms with Crippen molar-refractivity contribution in [1.82, 2.24) is 9.71 Å². The molecule has 0 aliphatic rings. The number of hydrogen-bond donors (Lipinski definition) is 1. The standard InChI is InChI=1S/C6H10N2O/c1-3-6-7-5(2)4-8(6)9/h4,9H,3H2,1-2H3. The Balaban J connectivity index is 3.01. The monoisotopic (exact) mass is 126 g/mol. The van der Waals surface area contributed by atoms with Crippen LogP contribution in [0.4, 0.5) is 0 Å². The van der Waals surface area contributed by atoms with E-state index in [9.17, 15) is 0 Å². The molecule has 0 atom stereocenters. The first kappa shape index (κ1) is 6.13. The van der Waals surface area contributed by atoms with Crippen molar-refractivity contribution in [1.29, 1.82) is 0 Å². The molecule has 0 aliphatic heterocycles. The minimum absolute atomic E-state index is 0.715. The maximum atomic E-state index is 8.99. The number of imidazole rings is 1. The SMILES string of the molecule is CCc1nc(C)cn1O. The Morgan fingerprint density at radius 1 is 1.78 bits per heavy atom. The van der Waals surface area contributed by atoms with Gasteiger partial charge in [0.1, 0.15) is 5.82 Å². The van der Waals surface area contributed by atoms with Crippen LogP contribution in [-0.2, 0) is 6.42 Å². The van der Waals surface area contributed by atoms with E-state index < -0.39 is 0 Å². The van der Waals surface area contributed by atoms with Crippen molar-refractivity contribution in [3.05, 3.63) is 17.7 Å². The van der Waals surface area contributed by atoms with Crippen molar-refractivity contribution in [3.63, 3.8) is 0 Å². The minimum atomic E-state index is 0.715. The number of rotatable bonds is 1. The third kappa shape index (κ3) is 1.04. The van der Waals surface area contributed by atoms with E-state index in [1.165, 1.54) is 0 Å². The highest BCUT2D eigenvalue weighted by atomic mass is 16.5. The smallest absolute Gasteiger partial charge is 0.144 e. The molecule has 0 bridgehead atoms. The van der Waals surface area contributed by atoms with Crippen LogP contribution in [0.3, 0.4) is 0 Å². The zero-order valence-electron chi connectivity index (χ0n) is 5.63. The van der Waals surface area contributed by atoms with E-state index in [0.29, 0.717) is 5.82 Å². The van der Waals surface area contributed by atoms with E-state index in [1.54, 1.807) is 6.20 Å². The van der Waals surface area contributed by atoms with Crippen molar-refractivity contribution in [3.8, 4) is 0 Å². The molecule has 9 heavy (non-hydrogen) atoms. The van der Waals surface area contributed by atoms with Gasteiger partial charge < -0.3 is 5.21 Å². The summed E-state index contributed by atoms with van der Waals surface area (Å²) in [6.07, 6.45) is 2.36. The van der Waals surface area contributed by atoms with Gasteiger partial charge in [-0.05, 0) is 6.92 Å². The molecule has 0 saturated carbocycles. The second-order valence-corrected chi connectivity index (χ2v) is 2.00. The van der Waals surface area contributed by atoms with Crippen LogP contribution in [0.5, 0.6) is 0 Å². The van der Waals surface area contributed by atoms with Crippen molar-refractivity contribution in [2.75, 3.05) is 0 Å². The highest BCUT2D eigenvalue weighted by Crippen LogP contribution is 1.98. The van der Waals surface area contributed by atoms with Gasteiger partial charge in [0.15, 0.2) is 0 Å². The molecule has 0 fully saturated rings. The molecule has 50 valence electrons. The molecule has 1 heterocycles. The van der Waals surface area contributed by atoms with E-state index in [-0.39, 0.29) is 0 Å². The van der Waals surface area contributed by atoms with Crippen LogP contribution >= 0.6 is 0 Å². The molecule has 3 nitrogen and oxygen atoms in total. The average molecular weight is 126 g/mol. The van der Waals surface area contributed by atoms with E-state index in [4.69, 9.17) is 5.21 Å². The largest absolute Gasteiger partial charge is 0.427 e. The Hall–Kier alpha value is -0.990. The first-order chi connectivity index (χ1) is 4.24. The number of aromatic nitrogens is 2. The number of hydrogen-bond acceptors (Lipinski definition) is 2. The van der Waals surface area contributed by atoms with E-state index in [1.807, 2.05) is 13.8 Å². The van der Waals surface area contributed by atoms with Crippen LogP contribution in [0.2, 0.25) is 0 Å². The van der Waals surface area contributed by atoms with Gasteiger partial charge in [0.2, 0.25) is 0 Å². The van der Waals surface area contributed by atoms with Crippen LogP contribution < -0.4 is 0 Å². The lowest BCUT2D eigenvalue weighted by molar-refractivity contribution is 0.176. The first-order valence-corrected chi connectivity index (χ1v) is 2.98. The molecule has 0 aromatic carbocycles. The lowest BCUT2D eigenvalue weighted by Crippen LogP contribution is -1.94. The average Bonchev–Trinajstić information content (AvgIpc) is 2.10. The fraction of sp³-hybridized carbons (Fsp3) is 0.500. The topological polar surface area (TPSA) is 38.0 Å². The second kappa shape index (κ2) is 2.09. The van der Waals surface area contributed by atoms with Crippen molar-refractivity contribution < 1.29 is 5.21 Å².